The average Bonchev–Trinajstić information content (AvgIpc) is 2.74. The highest BCUT2D eigenvalue weighted by molar-refractivity contribution is 5.31. The number of hydrogen-bond acceptors (Lipinski definition) is 1. The Morgan fingerprint density at radius 3 is 2.14 bits per heavy atom. The van der Waals surface area contributed by atoms with Gasteiger partial charge in [-0.1, -0.05) is 32.3 Å². The predicted molar refractivity (Wildman–Crippen MR) is 110 cm³/mol. The molecule has 0 spiro atoms. The Bertz CT molecular complexity index is 668. The Balaban J connectivity index is 1.32. The number of ether oxygens (including phenoxy) is 1. The van der Waals surface area contributed by atoms with E-state index in [9.17, 15) is 13.2 Å². The molecule has 3 fully saturated rings. The second-order valence-corrected chi connectivity index (χ2v) is 9.86. The Hall–Kier alpha value is -1.19. The Morgan fingerprint density at radius 1 is 0.862 bits per heavy atom. The molecule has 0 N–H and O–H groups in total. The highest BCUT2D eigenvalue weighted by Crippen LogP contribution is 2.51. The molecular weight excluding hydrogens is 373 g/mol. The summed E-state index contributed by atoms with van der Waals surface area (Å²) >= 11 is 0. The molecule has 3 aliphatic carbocycles. The molecule has 4 atom stereocenters. The van der Waals surface area contributed by atoms with Gasteiger partial charge in [0.25, 0.3) is 0 Å². The van der Waals surface area contributed by atoms with E-state index in [1.165, 1.54) is 69.9 Å². The molecule has 4 heteroatoms. The van der Waals surface area contributed by atoms with E-state index in [4.69, 9.17) is 0 Å². The fourth-order valence-corrected chi connectivity index (χ4v) is 6.69. The Morgan fingerprint density at radius 2 is 1.48 bits per heavy atom. The number of benzene rings is 1. The second-order valence-electron chi connectivity index (χ2n) is 9.86. The van der Waals surface area contributed by atoms with Gasteiger partial charge in [-0.3, -0.25) is 0 Å². The molecule has 4 unspecified atom stereocenters. The van der Waals surface area contributed by atoms with E-state index < -0.39 is 12.4 Å². The molecule has 0 aromatic heterocycles. The van der Waals surface area contributed by atoms with Gasteiger partial charge in [-0.25, -0.2) is 4.39 Å². The van der Waals surface area contributed by atoms with Crippen LogP contribution in [0.2, 0.25) is 0 Å². The van der Waals surface area contributed by atoms with Gasteiger partial charge in [0.15, 0.2) is 11.6 Å². The third kappa shape index (κ3) is 4.94. The molecule has 162 valence electrons. The van der Waals surface area contributed by atoms with E-state index in [-0.39, 0.29) is 5.75 Å². The lowest BCUT2D eigenvalue weighted by atomic mass is 9.60. The number of fused-ring (bicyclic) bond motifs is 1. The third-order valence-electron chi connectivity index (χ3n) is 8.43. The SMILES string of the molecule is CCC1CCC(C2CCC3CC(c4ccc(OC(F)F)c(F)c4)CCC3C2)CC1. The number of rotatable bonds is 5. The van der Waals surface area contributed by atoms with Crippen molar-refractivity contribution in [3.05, 3.63) is 29.6 Å². The first-order chi connectivity index (χ1) is 14.0. The highest BCUT2D eigenvalue weighted by Gasteiger charge is 2.39. The van der Waals surface area contributed by atoms with Crippen LogP contribution in [0, 0.1) is 35.4 Å². The van der Waals surface area contributed by atoms with Crippen molar-refractivity contribution in [3.8, 4) is 5.75 Å². The lowest BCUT2D eigenvalue weighted by Gasteiger charge is -2.45. The first-order valence-electron chi connectivity index (χ1n) is 11.8. The molecule has 1 aromatic carbocycles. The maximum Gasteiger partial charge on any atom is 0.387 e. The van der Waals surface area contributed by atoms with Gasteiger partial charge in [0.2, 0.25) is 0 Å². The third-order valence-corrected chi connectivity index (χ3v) is 8.43. The molecule has 4 rings (SSSR count). The quantitative estimate of drug-likeness (QED) is 0.480. The van der Waals surface area contributed by atoms with Crippen molar-refractivity contribution in [2.24, 2.45) is 29.6 Å². The smallest absolute Gasteiger partial charge is 0.387 e. The fourth-order valence-electron chi connectivity index (χ4n) is 6.69. The second kappa shape index (κ2) is 9.31. The van der Waals surface area contributed by atoms with Gasteiger partial charge in [-0.2, -0.15) is 8.78 Å². The van der Waals surface area contributed by atoms with E-state index in [0.29, 0.717) is 5.92 Å². The molecule has 0 heterocycles. The van der Waals surface area contributed by atoms with E-state index in [1.807, 2.05) is 0 Å². The summed E-state index contributed by atoms with van der Waals surface area (Å²) in [6, 6.07) is 4.57. The number of alkyl halides is 2. The average molecular weight is 409 g/mol. The molecule has 0 bridgehead atoms. The van der Waals surface area contributed by atoms with Crippen LogP contribution in [-0.2, 0) is 0 Å². The largest absolute Gasteiger partial charge is 0.432 e. The molecule has 0 saturated heterocycles. The lowest BCUT2D eigenvalue weighted by molar-refractivity contribution is -0.0522. The van der Waals surface area contributed by atoms with E-state index in [2.05, 4.69) is 11.7 Å². The minimum atomic E-state index is -2.99. The van der Waals surface area contributed by atoms with Crippen LogP contribution in [-0.4, -0.2) is 6.61 Å². The van der Waals surface area contributed by atoms with Crippen LogP contribution in [0.25, 0.3) is 0 Å². The van der Waals surface area contributed by atoms with Gasteiger partial charge in [0.05, 0.1) is 0 Å². The summed E-state index contributed by atoms with van der Waals surface area (Å²) in [6.07, 6.45) is 14.6. The Labute approximate surface area is 173 Å². The maximum absolute atomic E-state index is 14.2. The van der Waals surface area contributed by atoms with Crippen LogP contribution >= 0.6 is 0 Å². The van der Waals surface area contributed by atoms with Crippen LogP contribution in [0.5, 0.6) is 5.75 Å². The van der Waals surface area contributed by atoms with Crippen LogP contribution in [0.4, 0.5) is 13.2 Å². The van der Waals surface area contributed by atoms with Crippen molar-refractivity contribution < 1.29 is 17.9 Å². The van der Waals surface area contributed by atoms with Gasteiger partial charge >= 0.3 is 6.61 Å². The normalized spacial score (nSPS) is 35.3. The van der Waals surface area contributed by atoms with Gasteiger partial charge in [0, 0.05) is 0 Å². The zero-order valence-corrected chi connectivity index (χ0v) is 17.6. The molecule has 3 aliphatic rings. The van der Waals surface area contributed by atoms with Crippen molar-refractivity contribution in [3.63, 3.8) is 0 Å². The topological polar surface area (TPSA) is 9.23 Å². The van der Waals surface area contributed by atoms with Crippen LogP contribution in [0.1, 0.15) is 89.0 Å². The molecule has 1 aromatic rings. The first kappa shape index (κ1) is 21.1. The predicted octanol–water partition coefficient (Wildman–Crippen LogP) is 7.94. The zero-order valence-electron chi connectivity index (χ0n) is 17.6. The van der Waals surface area contributed by atoms with Gasteiger partial charge < -0.3 is 4.74 Å². The van der Waals surface area contributed by atoms with Crippen LogP contribution < -0.4 is 4.74 Å². The Kier molecular flexibility index (Phi) is 6.76. The maximum atomic E-state index is 14.2. The first-order valence-corrected chi connectivity index (χ1v) is 11.8. The molecular formula is C25H35F3O. The summed E-state index contributed by atoms with van der Waals surface area (Å²) in [5.74, 6) is 3.75. The molecule has 0 radical (unpaired) electrons. The number of halogens is 3. The van der Waals surface area contributed by atoms with Crippen molar-refractivity contribution in [2.75, 3.05) is 0 Å². The standard InChI is InChI=1S/C25H35F3O/c1-2-16-3-5-17(6-4-16)18-7-8-20-14-21(10-9-19(20)13-18)22-11-12-24(23(26)15-22)29-25(27)28/h11-12,15-21,25H,2-10,13-14H2,1H3. The van der Waals surface area contributed by atoms with E-state index in [0.717, 1.165) is 48.0 Å². The summed E-state index contributed by atoms with van der Waals surface area (Å²) < 4.78 is 43.1. The van der Waals surface area contributed by atoms with Crippen molar-refractivity contribution in [1.82, 2.24) is 0 Å². The lowest BCUT2D eigenvalue weighted by Crippen LogP contribution is -2.34. The number of hydrogen-bond donors (Lipinski definition) is 0. The van der Waals surface area contributed by atoms with Crippen molar-refractivity contribution >= 4 is 0 Å². The summed E-state index contributed by atoms with van der Waals surface area (Å²) in [5.41, 5.74) is 0.947. The monoisotopic (exact) mass is 408 g/mol. The van der Waals surface area contributed by atoms with Crippen LogP contribution in [0.3, 0.4) is 0 Å². The molecule has 3 saturated carbocycles. The van der Waals surface area contributed by atoms with E-state index >= 15 is 0 Å². The van der Waals surface area contributed by atoms with Crippen molar-refractivity contribution in [2.45, 2.75) is 90.1 Å². The van der Waals surface area contributed by atoms with Crippen molar-refractivity contribution in [1.29, 1.82) is 0 Å². The van der Waals surface area contributed by atoms with Gasteiger partial charge in [-0.15, -0.1) is 0 Å². The van der Waals surface area contributed by atoms with E-state index in [1.54, 1.807) is 6.07 Å². The molecule has 1 nitrogen and oxygen atoms in total. The summed E-state index contributed by atoms with van der Waals surface area (Å²) in [5, 5.41) is 0. The van der Waals surface area contributed by atoms with Crippen LogP contribution in [0.15, 0.2) is 18.2 Å². The molecule has 29 heavy (non-hydrogen) atoms. The minimum absolute atomic E-state index is 0.350. The minimum Gasteiger partial charge on any atom is -0.432 e. The molecule has 0 amide bonds. The van der Waals surface area contributed by atoms with Gasteiger partial charge in [-0.05, 0) is 105 Å². The summed E-state index contributed by atoms with van der Waals surface area (Å²) in [6.45, 7) is -0.655. The van der Waals surface area contributed by atoms with Gasteiger partial charge in [0.1, 0.15) is 0 Å². The summed E-state index contributed by atoms with van der Waals surface area (Å²) in [4.78, 5) is 0. The molecule has 0 aliphatic heterocycles. The highest BCUT2D eigenvalue weighted by atomic mass is 19.3. The zero-order chi connectivity index (χ0) is 20.4. The fraction of sp³-hybridized carbons (Fsp3) is 0.760. The summed E-state index contributed by atoms with van der Waals surface area (Å²) in [7, 11) is 0.